The molecule has 10 heteroatoms. The summed E-state index contributed by atoms with van der Waals surface area (Å²) >= 11 is 0. The first-order valence-electron chi connectivity index (χ1n) is 8.80. The van der Waals surface area contributed by atoms with Gasteiger partial charge in [0.05, 0.1) is 18.6 Å². The summed E-state index contributed by atoms with van der Waals surface area (Å²) in [5, 5.41) is 7.95. The van der Waals surface area contributed by atoms with E-state index >= 15 is 0 Å². The highest BCUT2D eigenvalue weighted by molar-refractivity contribution is 7.89. The predicted molar refractivity (Wildman–Crippen MR) is 102 cm³/mol. The molecular weight excluding hydrogens is 398 g/mol. The number of fused-ring (bicyclic) bond motifs is 1. The molecule has 0 atom stereocenters. The maximum absolute atomic E-state index is 12.9. The number of ether oxygens (including phenoxy) is 3. The summed E-state index contributed by atoms with van der Waals surface area (Å²) in [4.78, 5) is 0.0964. The van der Waals surface area contributed by atoms with Crippen LogP contribution in [0.25, 0.3) is 11.5 Å². The van der Waals surface area contributed by atoms with Crippen LogP contribution < -0.4 is 14.2 Å². The Morgan fingerprint density at radius 3 is 2.48 bits per heavy atom. The first-order chi connectivity index (χ1) is 14.0. The fraction of sp³-hybridized carbons (Fsp3) is 0.263. The van der Waals surface area contributed by atoms with Crippen LogP contribution >= 0.6 is 0 Å². The molecule has 1 aliphatic heterocycles. The van der Waals surface area contributed by atoms with E-state index in [1.54, 1.807) is 37.4 Å². The number of hydrogen-bond donors (Lipinski definition) is 0. The van der Waals surface area contributed by atoms with Gasteiger partial charge in [0, 0.05) is 18.7 Å². The van der Waals surface area contributed by atoms with Crippen molar-refractivity contribution in [2.45, 2.75) is 11.4 Å². The smallest absolute Gasteiger partial charge is 0.247 e. The molecule has 0 aliphatic carbocycles. The Kier molecular flexibility index (Phi) is 5.12. The lowest BCUT2D eigenvalue weighted by molar-refractivity contribution is 0.171. The fourth-order valence-corrected chi connectivity index (χ4v) is 3.94. The standard InChI is InChI=1S/C19H19N3O6S/c1-22(29(23,24)15-7-8-16-17(11-15)27-10-9-26-16)12-18-20-21-19(28-18)13-3-5-14(25-2)6-4-13/h3-8,11H,9-10,12H2,1-2H3. The molecule has 1 aliphatic rings. The molecular formula is C19H19N3O6S. The topological polar surface area (TPSA) is 104 Å². The van der Waals surface area contributed by atoms with Crippen molar-refractivity contribution in [2.75, 3.05) is 27.4 Å². The van der Waals surface area contributed by atoms with Crippen molar-refractivity contribution >= 4 is 10.0 Å². The normalized spacial score (nSPS) is 13.5. The van der Waals surface area contributed by atoms with Gasteiger partial charge >= 0.3 is 0 Å². The minimum atomic E-state index is -3.78. The van der Waals surface area contributed by atoms with E-state index < -0.39 is 10.0 Å². The summed E-state index contributed by atoms with van der Waals surface area (Å²) < 4.78 is 48.6. The van der Waals surface area contributed by atoms with Gasteiger partial charge in [-0.2, -0.15) is 4.31 Å². The molecule has 3 aromatic rings. The summed E-state index contributed by atoms with van der Waals surface area (Å²) in [6, 6.07) is 11.6. The molecule has 4 rings (SSSR count). The lowest BCUT2D eigenvalue weighted by Crippen LogP contribution is -2.27. The van der Waals surface area contributed by atoms with Crippen molar-refractivity contribution in [1.29, 1.82) is 0 Å². The highest BCUT2D eigenvalue weighted by Gasteiger charge is 2.25. The number of aromatic nitrogens is 2. The maximum Gasteiger partial charge on any atom is 0.247 e. The van der Waals surface area contributed by atoms with Gasteiger partial charge in [0.15, 0.2) is 11.5 Å². The Hall–Kier alpha value is -3.11. The van der Waals surface area contributed by atoms with Crippen LogP contribution in [0.2, 0.25) is 0 Å². The van der Waals surface area contributed by atoms with Crippen molar-refractivity contribution < 1.29 is 27.0 Å². The molecule has 1 aromatic heterocycles. The van der Waals surface area contributed by atoms with E-state index in [9.17, 15) is 8.42 Å². The third-order valence-corrected chi connectivity index (χ3v) is 6.18. The molecule has 0 saturated heterocycles. The molecule has 0 fully saturated rings. The number of benzene rings is 2. The molecule has 0 unspecified atom stereocenters. The molecule has 29 heavy (non-hydrogen) atoms. The van der Waals surface area contributed by atoms with Crippen LogP contribution in [-0.4, -0.2) is 50.3 Å². The van der Waals surface area contributed by atoms with E-state index in [0.717, 1.165) is 4.31 Å². The molecule has 0 spiro atoms. The summed E-state index contributed by atoms with van der Waals surface area (Å²) in [5.74, 6) is 2.12. The van der Waals surface area contributed by atoms with Crippen LogP contribution in [0.15, 0.2) is 51.8 Å². The van der Waals surface area contributed by atoms with Crippen molar-refractivity contribution in [3.8, 4) is 28.7 Å². The van der Waals surface area contributed by atoms with Crippen molar-refractivity contribution in [3.63, 3.8) is 0 Å². The number of nitrogens with zero attached hydrogens (tertiary/aromatic N) is 3. The molecule has 0 radical (unpaired) electrons. The van der Waals surface area contributed by atoms with E-state index in [4.69, 9.17) is 18.6 Å². The van der Waals surface area contributed by atoms with E-state index in [0.29, 0.717) is 41.9 Å². The van der Waals surface area contributed by atoms with Gasteiger partial charge in [-0.15, -0.1) is 10.2 Å². The molecule has 0 bridgehead atoms. The van der Waals surface area contributed by atoms with Crippen molar-refractivity contribution in [2.24, 2.45) is 0 Å². The lowest BCUT2D eigenvalue weighted by Gasteiger charge is -2.20. The van der Waals surface area contributed by atoms with Crippen LogP contribution in [0.3, 0.4) is 0 Å². The first-order valence-corrected chi connectivity index (χ1v) is 10.2. The lowest BCUT2D eigenvalue weighted by atomic mass is 10.2. The maximum atomic E-state index is 12.9. The highest BCUT2D eigenvalue weighted by atomic mass is 32.2. The molecule has 2 heterocycles. The highest BCUT2D eigenvalue weighted by Crippen LogP contribution is 2.33. The second kappa shape index (κ2) is 7.72. The van der Waals surface area contributed by atoms with Crippen LogP contribution in [0.5, 0.6) is 17.2 Å². The summed E-state index contributed by atoms with van der Waals surface area (Å²) in [7, 11) is -0.753. The molecule has 2 aromatic carbocycles. The molecule has 0 saturated carbocycles. The molecule has 152 valence electrons. The van der Waals surface area contributed by atoms with Gasteiger partial charge in [-0.05, 0) is 36.4 Å². The summed E-state index contributed by atoms with van der Waals surface area (Å²) in [5.41, 5.74) is 0.710. The zero-order valence-corrected chi connectivity index (χ0v) is 16.7. The van der Waals surface area contributed by atoms with Crippen LogP contribution in [0, 0.1) is 0 Å². The second-order valence-electron chi connectivity index (χ2n) is 6.30. The quantitative estimate of drug-likeness (QED) is 0.602. The zero-order valence-electron chi connectivity index (χ0n) is 15.9. The Balaban J connectivity index is 1.51. The average molecular weight is 417 g/mol. The van der Waals surface area contributed by atoms with Gasteiger partial charge in [-0.3, -0.25) is 0 Å². The zero-order chi connectivity index (χ0) is 20.4. The predicted octanol–water partition coefficient (Wildman–Crippen LogP) is 2.34. The minimum Gasteiger partial charge on any atom is -0.497 e. The Morgan fingerprint density at radius 2 is 1.76 bits per heavy atom. The Bertz CT molecular complexity index is 1110. The van der Waals surface area contributed by atoms with Gasteiger partial charge in [0.1, 0.15) is 19.0 Å². The van der Waals surface area contributed by atoms with E-state index in [1.807, 2.05) is 0 Å². The second-order valence-corrected chi connectivity index (χ2v) is 8.34. The fourth-order valence-electron chi connectivity index (χ4n) is 2.81. The average Bonchev–Trinajstić information content (AvgIpc) is 3.22. The first kappa shape index (κ1) is 19.2. The van der Waals surface area contributed by atoms with E-state index in [2.05, 4.69) is 10.2 Å². The molecule has 0 N–H and O–H groups in total. The minimum absolute atomic E-state index is 0.0695. The summed E-state index contributed by atoms with van der Waals surface area (Å²) in [6.45, 7) is 0.745. The van der Waals surface area contributed by atoms with E-state index in [-0.39, 0.29) is 17.3 Å². The monoisotopic (exact) mass is 417 g/mol. The molecule has 0 amide bonds. The van der Waals surface area contributed by atoms with Crippen molar-refractivity contribution in [3.05, 3.63) is 48.4 Å². The van der Waals surface area contributed by atoms with Gasteiger partial charge in [-0.25, -0.2) is 8.42 Å². The van der Waals surface area contributed by atoms with Crippen LogP contribution in [0.1, 0.15) is 5.89 Å². The van der Waals surface area contributed by atoms with Gasteiger partial charge in [-0.1, -0.05) is 0 Å². The Labute approximate surface area is 167 Å². The largest absolute Gasteiger partial charge is 0.497 e. The van der Waals surface area contributed by atoms with Crippen molar-refractivity contribution in [1.82, 2.24) is 14.5 Å². The van der Waals surface area contributed by atoms with Gasteiger partial charge < -0.3 is 18.6 Å². The summed E-state index contributed by atoms with van der Waals surface area (Å²) in [6.07, 6.45) is 0. The number of sulfonamides is 1. The molecule has 9 nitrogen and oxygen atoms in total. The van der Waals surface area contributed by atoms with Gasteiger partial charge in [0.25, 0.3) is 0 Å². The van der Waals surface area contributed by atoms with Gasteiger partial charge in [0.2, 0.25) is 21.8 Å². The third-order valence-electron chi connectivity index (χ3n) is 4.38. The van der Waals surface area contributed by atoms with Crippen LogP contribution in [0.4, 0.5) is 0 Å². The van der Waals surface area contributed by atoms with E-state index in [1.165, 1.54) is 19.2 Å². The number of rotatable bonds is 6. The third kappa shape index (κ3) is 3.89. The number of methoxy groups -OCH3 is 1. The number of hydrogen-bond acceptors (Lipinski definition) is 8. The SMILES string of the molecule is COc1ccc(-c2nnc(CN(C)S(=O)(=O)c3ccc4c(c3)OCCO4)o2)cc1. The Morgan fingerprint density at radius 1 is 1.03 bits per heavy atom. The van der Waals surface area contributed by atoms with Crippen LogP contribution in [-0.2, 0) is 16.6 Å².